The molecule has 2 aromatic heterocycles. The standard InChI is InChI=1S/C15H12N4O4S/c1-8-16-10(6-24-8)14-18-19-15(23-14)17-13(20)5-9-2-3-11-12(4-9)22-7-21-11/h2-4,6H,5,7H2,1H3,(H,17,19,20). The number of ether oxygens (including phenoxy) is 2. The van der Waals surface area contributed by atoms with Crippen LogP contribution in [0.15, 0.2) is 28.0 Å². The molecule has 0 bridgehead atoms. The number of hydrogen-bond donors (Lipinski definition) is 1. The number of rotatable bonds is 4. The van der Waals surface area contributed by atoms with Gasteiger partial charge in [0.1, 0.15) is 5.69 Å². The second kappa shape index (κ2) is 5.93. The van der Waals surface area contributed by atoms with E-state index in [1.807, 2.05) is 18.4 Å². The molecule has 1 aliphatic rings. The molecule has 0 saturated carbocycles. The molecule has 1 aromatic carbocycles. The molecular formula is C15H12N4O4S. The minimum Gasteiger partial charge on any atom is -0.454 e. The number of fused-ring (bicyclic) bond motifs is 1. The van der Waals surface area contributed by atoms with Crippen LogP contribution in [0.3, 0.4) is 0 Å². The Hall–Kier alpha value is -2.94. The number of nitrogens with zero attached hydrogens (tertiary/aromatic N) is 3. The summed E-state index contributed by atoms with van der Waals surface area (Å²) in [4.78, 5) is 16.4. The number of thiazole rings is 1. The Labute approximate surface area is 140 Å². The normalized spacial score (nSPS) is 12.4. The molecule has 3 aromatic rings. The Bertz CT molecular complexity index is 905. The van der Waals surface area contributed by atoms with Crippen molar-refractivity contribution in [3.63, 3.8) is 0 Å². The molecule has 0 radical (unpaired) electrons. The van der Waals surface area contributed by atoms with Gasteiger partial charge in [-0.2, -0.15) is 0 Å². The molecule has 0 fully saturated rings. The monoisotopic (exact) mass is 344 g/mol. The molecular weight excluding hydrogens is 332 g/mol. The Balaban J connectivity index is 1.42. The number of carbonyl (C=O) groups is 1. The van der Waals surface area contributed by atoms with Crippen LogP contribution in [0.2, 0.25) is 0 Å². The number of amides is 1. The summed E-state index contributed by atoms with van der Waals surface area (Å²) >= 11 is 1.49. The minimum atomic E-state index is -0.265. The summed E-state index contributed by atoms with van der Waals surface area (Å²) < 4.78 is 15.9. The molecule has 3 heterocycles. The lowest BCUT2D eigenvalue weighted by molar-refractivity contribution is -0.115. The van der Waals surface area contributed by atoms with E-state index in [2.05, 4.69) is 20.5 Å². The van der Waals surface area contributed by atoms with E-state index in [0.717, 1.165) is 10.6 Å². The molecule has 9 heteroatoms. The maximum absolute atomic E-state index is 12.1. The van der Waals surface area contributed by atoms with E-state index in [9.17, 15) is 4.79 Å². The van der Waals surface area contributed by atoms with E-state index >= 15 is 0 Å². The summed E-state index contributed by atoms with van der Waals surface area (Å²) in [6, 6.07) is 5.41. The highest BCUT2D eigenvalue weighted by molar-refractivity contribution is 7.09. The SMILES string of the molecule is Cc1nc(-c2nnc(NC(=O)Cc3ccc4c(c3)OCO4)o2)cs1. The number of aromatic nitrogens is 3. The first kappa shape index (κ1) is 14.6. The second-order valence-electron chi connectivity index (χ2n) is 5.08. The number of anilines is 1. The molecule has 1 amide bonds. The summed E-state index contributed by atoms with van der Waals surface area (Å²) in [6.07, 6.45) is 0.157. The minimum absolute atomic E-state index is 0.0430. The topological polar surface area (TPSA) is 99.4 Å². The molecule has 4 rings (SSSR count). The van der Waals surface area contributed by atoms with Gasteiger partial charge in [0.15, 0.2) is 11.5 Å². The lowest BCUT2D eigenvalue weighted by Gasteiger charge is -2.02. The summed E-state index contributed by atoms with van der Waals surface area (Å²) in [5.74, 6) is 1.33. The molecule has 1 N–H and O–H groups in total. The van der Waals surface area contributed by atoms with Gasteiger partial charge in [-0.1, -0.05) is 11.2 Å². The molecule has 1 aliphatic heterocycles. The van der Waals surface area contributed by atoms with Gasteiger partial charge < -0.3 is 13.9 Å². The highest BCUT2D eigenvalue weighted by Gasteiger charge is 2.16. The summed E-state index contributed by atoms with van der Waals surface area (Å²) in [5, 5.41) is 13.0. The third-order valence-electron chi connectivity index (χ3n) is 3.31. The smallest absolute Gasteiger partial charge is 0.322 e. The molecule has 0 spiro atoms. The van der Waals surface area contributed by atoms with Gasteiger partial charge in [0.05, 0.1) is 11.4 Å². The van der Waals surface area contributed by atoms with Crippen LogP contribution in [0, 0.1) is 6.92 Å². The van der Waals surface area contributed by atoms with Crippen LogP contribution < -0.4 is 14.8 Å². The van der Waals surface area contributed by atoms with Crippen LogP contribution in [-0.4, -0.2) is 27.9 Å². The summed E-state index contributed by atoms with van der Waals surface area (Å²) in [5.41, 5.74) is 1.40. The van der Waals surface area contributed by atoms with Crippen molar-refractivity contribution in [1.29, 1.82) is 0 Å². The van der Waals surface area contributed by atoms with E-state index in [1.165, 1.54) is 11.3 Å². The predicted molar refractivity (Wildman–Crippen MR) is 85.0 cm³/mol. The van der Waals surface area contributed by atoms with E-state index in [-0.39, 0.29) is 31.0 Å². The van der Waals surface area contributed by atoms with Crippen molar-refractivity contribution in [2.45, 2.75) is 13.3 Å². The molecule has 122 valence electrons. The Kier molecular flexibility index (Phi) is 3.62. The summed E-state index contributed by atoms with van der Waals surface area (Å²) in [7, 11) is 0. The number of carbonyl (C=O) groups excluding carboxylic acids is 1. The van der Waals surface area contributed by atoms with E-state index in [0.29, 0.717) is 17.2 Å². The average Bonchev–Trinajstić information content (AvgIpc) is 3.27. The van der Waals surface area contributed by atoms with Crippen LogP contribution in [-0.2, 0) is 11.2 Å². The van der Waals surface area contributed by atoms with Crippen molar-refractivity contribution in [1.82, 2.24) is 15.2 Å². The summed E-state index contributed by atoms with van der Waals surface area (Å²) in [6.45, 7) is 2.09. The predicted octanol–water partition coefficient (Wildman–Crippen LogP) is 2.41. The fourth-order valence-corrected chi connectivity index (χ4v) is 2.83. The van der Waals surface area contributed by atoms with E-state index in [4.69, 9.17) is 13.9 Å². The van der Waals surface area contributed by atoms with Crippen LogP contribution in [0.4, 0.5) is 6.01 Å². The molecule has 0 unspecified atom stereocenters. The molecule has 8 nitrogen and oxygen atoms in total. The van der Waals surface area contributed by atoms with Crippen molar-refractivity contribution >= 4 is 23.3 Å². The maximum Gasteiger partial charge on any atom is 0.322 e. The highest BCUT2D eigenvalue weighted by Crippen LogP contribution is 2.32. The first-order chi connectivity index (χ1) is 11.7. The van der Waals surface area contributed by atoms with Gasteiger partial charge >= 0.3 is 6.01 Å². The largest absolute Gasteiger partial charge is 0.454 e. The average molecular weight is 344 g/mol. The Morgan fingerprint density at radius 1 is 1.29 bits per heavy atom. The third-order valence-corrected chi connectivity index (χ3v) is 4.08. The molecule has 0 atom stereocenters. The number of aryl methyl sites for hydroxylation is 1. The van der Waals surface area contributed by atoms with Gasteiger partial charge in [-0.05, 0) is 24.6 Å². The van der Waals surface area contributed by atoms with Crippen LogP contribution >= 0.6 is 11.3 Å². The van der Waals surface area contributed by atoms with Gasteiger partial charge in [0, 0.05) is 5.38 Å². The van der Waals surface area contributed by atoms with E-state index < -0.39 is 0 Å². The fraction of sp³-hybridized carbons (Fsp3) is 0.200. The maximum atomic E-state index is 12.1. The fourth-order valence-electron chi connectivity index (χ4n) is 2.24. The number of nitrogens with one attached hydrogen (secondary N) is 1. The second-order valence-corrected chi connectivity index (χ2v) is 6.14. The van der Waals surface area contributed by atoms with Crippen molar-refractivity contribution < 1.29 is 18.7 Å². The van der Waals surface area contributed by atoms with Crippen LogP contribution in [0.1, 0.15) is 10.6 Å². The number of hydrogen-bond acceptors (Lipinski definition) is 8. The zero-order chi connectivity index (χ0) is 16.5. The van der Waals surface area contributed by atoms with Gasteiger partial charge in [-0.15, -0.1) is 16.4 Å². The molecule has 0 saturated heterocycles. The Morgan fingerprint density at radius 2 is 2.17 bits per heavy atom. The third kappa shape index (κ3) is 2.93. The Morgan fingerprint density at radius 3 is 3.00 bits per heavy atom. The van der Waals surface area contributed by atoms with Crippen molar-refractivity contribution in [2.24, 2.45) is 0 Å². The highest BCUT2D eigenvalue weighted by atomic mass is 32.1. The van der Waals surface area contributed by atoms with E-state index in [1.54, 1.807) is 12.1 Å². The van der Waals surface area contributed by atoms with Gasteiger partial charge in [-0.3, -0.25) is 10.1 Å². The van der Waals surface area contributed by atoms with Gasteiger partial charge in [0.2, 0.25) is 12.7 Å². The zero-order valence-corrected chi connectivity index (χ0v) is 13.4. The lowest BCUT2D eigenvalue weighted by Crippen LogP contribution is -2.14. The number of benzene rings is 1. The van der Waals surface area contributed by atoms with Crippen molar-refractivity contribution in [3.8, 4) is 23.1 Å². The van der Waals surface area contributed by atoms with Crippen LogP contribution in [0.25, 0.3) is 11.6 Å². The zero-order valence-electron chi connectivity index (χ0n) is 12.6. The first-order valence-electron chi connectivity index (χ1n) is 7.12. The quantitative estimate of drug-likeness (QED) is 0.776. The van der Waals surface area contributed by atoms with Gasteiger partial charge in [0.25, 0.3) is 5.89 Å². The van der Waals surface area contributed by atoms with Crippen molar-refractivity contribution in [3.05, 3.63) is 34.2 Å². The molecule has 24 heavy (non-hydrogen) atoms. The van der Waals surface area contributed by atoms with Crippen LogP contribution in [0.5, 0.6) is 11.5 Å². The van der Waals surface area contributed by atoms with Gasteiger partial charge in [-0.25, -0.2) is 4.98 Å². The molecule has 0 aliphatic carbocycles. The first-order valence-corrected chi connectivity index (χ1v) is 8.00. The lowest BCUT2D eigenvalue weighted by atomic mass is 10.1. The van der Waals surface area contributed by atoms with Crippen molar-refractivity contribution in [2.75, 3.05) is 12.1 Å².